The molecule has 2 aliphatic rings. The van der Waals surface area contributed by atoms with Crippen molar-refractivity contribution >= 4 is 41.5 Å². The number of aliphatic imine (C=N–C) groups is 1. The maximum absolute atomic E-state index is 12.1. The predicted octanol–water partition coefficient (Wildman–Crippen LogP) is 4.47. The van der Waals surface area contributed by atoms with Crippen molar-refractivity contribution in [1.82, 2.24) is 10.6 Å². The van der Waals surface area contributed by atoms with Crippen molar-refractivity contribution < 1.29 is 9.53 Å². The average molecular weight is 543 g/mol. The molecule has 1 saturated heterocycles. The number of ether oxygens (including phenoxy) is 1. The topological polar surface area (TPSA) is 66.0 Å². The summed E-state index contributed by atoms with van der Waals surface area (Å²) in [5.41, 5.74) is 2.51. The van der Waals surface area contributed by atoms with E-state index in [4.69, 9.17) is 4.74 Å². The number of halogens is 1. The van der Waals surface area contributed by atoms with E-state index in [1.807, 2.05) is 11.9 Å². The summed E-state index contributed by atoms with van der Waals surface area (Å²) in [6, 6.07) is 8.30. The molecule has 0 spiro atoms. The van der Waals surface area contributed by atoms with E-state index in [9.17, 15) is 4.79 Å². The van der Waals surface area contributed by atoms with E-state index in [-0.39, 0.29) is 29.9 Å². The number of benzene rings is 1. The van der Waals surface area contributed by atoms with Crippen molar-refractivity contribution in [3.63, 3.8) is 0 Å². The number of amides is 1. The van der Waals surface area contributed by atoms with Crippen molar-refractivity contribution in [2.45, 2.75) is 64.8 Å². The second kappa shape index (κ2) is 13.3. The molecule has 1 aromatic rings. The summed E-state index contributed by atoms with van der Waals surface area (Å²) in [6.07, 6.45) is 9.03. The van der Waals surface area contributed by atoms with Crippen LogP contribution in [0.15, 0.2) is 29.3 Å². The Hall–Kier alpha value is -1.35. The van der Waals surface area contributed by atoms with E-state index in [2.05, 4.69) is 46.8 Å². The molecule has 2 N–H and O–H groups in total. The van der Waals surface area contributed by atoms with Crippen LogP contribution in [0.3, 0.4) is 0 Å². The van der Waals surface area contributed by atoms with Crippen LogP contribution in [0.1, 0.15) is 63.9 Å². The first-order valence-corrected chi connectivity index (χ1v) is 11.6. The van der Waals surface area contributed by atoms with Crippen molar-refractivity contribution in [3.05, 3.63) is 29.8 Å². The number of carbonyl (C=O) groups excluding carboxylic acids is 1. The quantitative estimate of drug-likeness (QED) is 0.209. The first-order valence-electron chi connectivity index (χ1n) is 11.6. The molecule has 2 fully saturated rings. The lowest BCUT2D eigenvalue weighted by molar-refractivity contribution is -0.119. The number of guanidine groups is 1. The first-order chi connectivity index (χ1) is 14.7. The second-order valence-electron chi connectivity index (χ2n) is 8.60. The van der Waals surface area contributed by atoms with Gasteiger partial charge in [-0.3, -0.25) is 9.79 Å². The van der Waals surface area contributed by atoms with Crippen LogP contribution < -0.4 is 15.5 Å². The van der Waals surface area contributed by atoms with Crippen molar-refractivity contribution in [2.24, 2.45) is 10.4 Å². The summed E-state index contributed by atoms with van der Waals surface area (Å²) < 4.78 is 5.62. The molecule has 0 radical (unpaired) electrons. The standard InChI is InChI=1S/C24H38N4O2.HI/c1-3-30-17-15-24(13-5-6-14-24)19-27-23(25-2)26-18-20-9-11-21(12-10-20)28-16-7-4-8-22(28)29;/h9-12H,3-8,13-19H2,1-2H3,(H2,25,26,27);1H. The Morgan fingerprint density at radius 2 is 1.87 bits per heavy atom. The third-order valence-electron chi connectivity index (χ3n) is 6.53. The Kier molecular flexibility index (Phi) is 11.1. The van der Waals surface area contributed by atoms with Gasteiger partial charge in [-0.05, 0) is 62.1 Å². The average Bonchev–Trinajstić information content (AvgIpc) is 3.24. The highest BCUT2D eigenvalue weighted by molar-refractivity contribution is 14.0. The lowest BCUT2D eigenvalue weighted by atomic mass is 9.83. The fourth-order valence-electron chi connectivity index (χ4n) is 4.62. The van der Waals surface area contributed by atoms with Gasteiger partial charge in [-0.15, -0.1) is 24.0 Å². The predicted molar refractivity (Wildman–Crippen MR) is 138 cm³/mol. The van der Waals surface area contributed by atoms with Crippen LogP contribution in [0.5, 0.6) is 0 Å². The number of anilines is 1. The zero-order valence-corrected chi connectivity index (χ0v) is 21.5. The van der Waals surface area contributed by atoms with Crippen LogP contribution >= 0.6 is 24.0 Å². The Bertz CT molecular complexity index is 702. The third-order valence-corrected chi connectivity index (χ3v) is 6.53. The van der Waals surface area contributed by atoms with E-state index in [0.717, 1.165) is 57.2 Å². The minimum absolute atomic E-state index is 0. The summed E-state index contributed by atoms with van der Waals surface area (Å²) in [4.78, 5) is 18.4. The molecule has 7 heteroatoms. The van der Waals surface area contributed by atoms with Gasteiger partial charge >= 0.3 is 0 Å². The highest BCUT2D eigenvalue weighted by Crippen LogP contribution is 2.40. The Labute approximate surface area is 204 Å². The molecule has 1 saturated carbocycles. The minimum atomic E-state index is 0. The molecule has 1 heterocycles. The van der Waals surface area contributed by atoms with Gasteiger partial charge in [0.15, 0.2) is 5.96 Å². The first kappa shape index (κ1) is 25.9. The number of nitrogens with zero attached hydrogens (tertiary/aromatic N) is 2. The maximum Gasteiger partial charge on any atom is 0.226 e. The van der Waals surface area contributed by atoms with E-state index in [0.29, 0.717) is 18.4 Å². The number of rotatable bonds is 9. The fourth-order valence-corrected chi connectivity index (χ4v) is 4.62. The molecule has 0 unspecified atom stereocenters. The third kappa shape index (κ3) is 7.63. The van der Waals surface area contributed by atoms with Gasteiger partial charge < -0.3 is 20.3 Å². The smallest absolute Gasteiger partial charge is 0.226 e. The summed E-state index contributed by atoms with van der Waals surface area (Å²) in [5.74, 6) is 1.08. The van der Waals surface area contributed by atoms with E-state index >= 15 is 0 Å². The van der Waals surface area contributed by atoms with Crippen LogP contribution in [0, 0.1) is 5.41 Å². The van der Waals surface area contributed by atoms with Gasteiger partial charge in [-0.25, -0.2) is 0 Å². The lowest BCUT2D eigenvalue weighted by Gasteiger charge is -2.30. The molecule has 1 amide bonds. The van der Waals surface area contributed by atoms with Crippen molar-refractivity contribution in [3.8, 4) is 0 Å². The monoisotopic (exact) mass is 542 g/mol. The summed E-state index contributed by atoms with van der Waals surface area (Å²) in [6.45, 7) is 6.17. The molecule has 3 rings (SSSR count). The van der Waals surface area contributed by atoms with Gasteiger partial charge in [0.2, 0.25) is 5.91 Å². The SMILES string of the molecule is CCOCCC1(CNC(=NC)NCc2ccc(N3CCCCC3=O)cc2)CCCC1.I. The van der Waals surface area contributed by atoms with Crippen molar-refractivity contribution in [2.75, 3.05) is 38.3 Å². The molecule has 1 aromatic carbocycles. The molecule has 174 valence electrons. The van der Waals surface area contributed by atoms with Gasteiger partial charge in [0.25, 0.3) is 0 Å². The van der Waals surface area contributed by atoms with Crippen LogP contribution in [-0.4, -0.2) is 45.2 Å². The van der Waals surface area contributed by atoms with Gasteiger partial charge in [0.1, 0.15) is 0 Å². The number of hydrogen-bond donors (Lipinski definition) is 2. The summed E-state index contributed by atoms with van der Waals surface area (Å²) in [7, 11) is 1.82. The van der Waals surface area contributed by atoms with Gasteiger partial charge in [-0.1, -0.05) is 25.0 Å². The maximum atomic E-state index is 12.1. The Morgan fingerprint density at radius 3 is 2.52 bits per heavy atom. The normalized spacial score (nSPS) is 18.6. The van der Waals surface area contributed by atoms with Crippen molar-refractivity contribution in [1.29, 1.82) is 0 Å². The van der Waals surface area contributed by atoms with E-state index in [1.54, 1.807) is 0 Å². The molecular weight excluding hydrogens is 503 g/mol. The molecule has 31 heavy (non-hydrogen) atoms. The molecule has 0 atom stereocenters. The van der Waals surface area contributed by atoms with Crippen LogP contribution in [0.4, 0.5) is 5.69 Å². The van der Waals surface area contributed by atoms with Crippen LogP contribution in [0.2, 0.25) is 0 Å². The highest BCUT2D eigenvalue weighted by Gasteiger charge is 2.33. The molecular formula is C24H39IN4O2. The molecule has 0 bridgehead atoms. The molecule has 1 aliphatic heterocycles. The molecule has 6 nitrogen and oxygen atoms in total. The van der Waals surface area contributed by atoms with Crippen LogP contribution in [0.25, 0.3) is 0 Å². The number of carbonyl (C=O) groups is 1. The highest BCUT2D eigenvalue weighted by atomic mass is 127. The summed E-state index contributed by atoms with van der Waals surface area (Å²) >= 11 is 0. The van der Waals surface area contributed by atoms with E-state index < -0.39 is 0 Å². The Balaban J connectivity index is 0.00000341. The van der Waals surface area contributed by atoms with Gasteiger partial charge in [0.05, 0.1) is 0 Å². The number of hydrogen-bond acceptors (Lipinski definition) is 3. The largest absolute Gasteiger partial charge is 0.382 e. The zero-order valence-electron chi connectivity index (χ0n) is 19.1. The second-order valence-corrected chi connectivity index (χ2v) is 8.60. The zero-order chi connectivity index (χ0) is 21.2. The summed E-state index contributed by atoms with van der Waals surface area (Å²) in [5, 5.41) is 6.98. The van der Waals surface area contributed by atoms with Gasteiger partial charge in [0, 0.05) is 52.0 Å². The van der Waals surface area contributed by atoms with Crippen LogP contribution in [-0.2, 0) is 16.1 Å². The van der Waals surface area contributed by atoms with Gasteiger partial charge in [-0.2, -0.15) is 0 Å². The fraction of sp³-hybridized carbons (Fsp3) is 0.667. The molecule has 0 aromatic heterocycles. The minimum Gasteiger partial charge on any atom is -0.382 e. The number of nitrogens with one attached hydrogen (secondary N) is 2. The lowest BCUT2D eigenvalue weighted by Crippen LogP contribution is -2.43. The van der Waals surface area contributed by atoms with E-state index in [1.165, 1.54) is 31.2 Å². The number of piperidine rings is 1. The Morgan fingerprint density at radius 1 is 1.13 bits per heavy atom. The molecule has 1 aliphatic carbocycles.